The van der Waals surface area contributed by atoms with Crippen molar-refractivity contribution >= 4 is 38.6 Å². The molecule has 0 saturated carbocycles. The van der Waals surface area contributed by atoms with Gasteiger partial charge in [0, 0.05) is 12.7 Å². The molecule has 25 heavy (non-hydrogen) atoms. The Balaban J connectivity index is 1.94. The summed E-state index contributed by atoms with van der Waals surface area (Å²) >= 11 is 1.42. The Morgan fingerprint density at radius 3 is 2.68 bits per heavy atom. The second-order valence-electron chi connectivity index (χ2n) is 5.65. The predicted molar refractivity (Wildman–Crippen MR) is 98.4 cm³/mol. The molecule has 6 nitrogen and oxygen atoms in total. The summed E-state index contributed by atoms with van der Waals surface area (Å²) in [6.07, 6.45) is 0. The third-order valence-corrected chi connectivity index (χ3v) is 5.09. The standard InChI is InChI=1S/C18H19N3O3S/c1-5-24-17(23)15-10(2)14(11(3)21(15)4)16(22)20-18-19-12-8-6-7-9-13(12)25-18/h6-9H,5H2,1-4H3,(H,19,20,22). The molecule has 0 saturated heterocycles. The number of carbonyl (C=O) groups is 2. The molecule has 2 heterocycles. The zero-order valence-electron chi connectivity index (χ0n) is 14.5. The van der Waals surface area contributed by atoms with Crippen molar-refractivity contribution < 1.29 is 14.3 Å². The van der Waals surface area contributed by atoms with Crippen molar-refractivity contribution in [3.05, 3.63) is 46.8 Å². The number of para-hydroxylation sites is 1. The molecule has 0 aliphatic rings. The van der Waals surface area contributed by atoms with Gasteiger partial charge in [0.25, 0.3) is 5.91 Å². The van der Waals surface area contributed by atoms with Crippen LogP contribution in [0.3, 0.4) is 0 Å². The summed E-state index contributed by atoms with van der Waals surface area (Å²) in [5.41, 5.74) is 3.03. The van der Waals surface area contributed by atoms with Crippen molar-refractivity contribution in [1.82, 2.24) is 9.55 Å². The molecule has 0 fully saturated rings. The second kappa shape index (κ2) is 6.68. The van der Waals surface area contributed by atoms with Gasteiger partial charge in [-0.25, -0.2) is 9.78 Å². The second-order valence-corrected chi connectivity index (χ2v) is 6.69. The van der Waals surface area contributed by atoms with Gasteiger partial charge in [-0.1, -0.05) is 23.5 Å². The smallest absolute Gasteiger partial charge is 0.355 e. The number of benzene rings is 1. The van der Waals surface area contributed by atoms with Crippen LogP contribution in [0.4, 0.5) is 5.13 Å². The van der Waals surface area contributed by atoms with Crippen molar-refractivity contribution in [3.63, 3.8) is 0 Å². The third-order valence-electron chi connectivity index (χ3n) is 4.14. The fraction of sp³-hybridized carbons (Fsp3) is 0.278. The minimum Gasteiger partial charge on any atom is -0.461 e. The van der Waals surface area contributed by atoms with Gasteiger partial charge in [-0.2, -0.15) is 0 Å². The van der Waals surface area contributed by atoms with E-state index in [4.69, 9.17) is 4.74 Å². The molecule has 3 aromatic rings. The number of rotatable bonds is 4. The summed E-state index contributed by atoms with van der Waals surface area (Å²) in [5.74, 6) is -0.704. The van der Waals surface area contributed by atoms with E-state index in [1.165, 1.54) is 11.3 Å². The van der Waals surface area contributed by atoms with E-state index in [2.05, 4.69) is 10.3 Å². The molecular formula is C18H19N3O3S. The number of nitrogens with one attached hydrogen (secondary N) is 1. The SMILES string of the molecule is CCOC(=O)c1c(C)c(C(=O)Nc2nc3ccccc3s2)c(C)n1C. The number of hydrogen-bond donors (Lipinski definition) is 1. The lowest BCUT2D eigenvalue weighted by atomic mass is 10.1. The predicted octanol–water partition coefficient (Wildman–Crippen LogP) is 3.68. The zero-order chi connectivity index (χ0) is 18.1. The number of anilines is 1. The van der Waals surface area contributed by atoms with Crippen LogP contribution in [0.2, 0.25) is 0 Å². The molecule has 0 atom stereocenters. The van der Waals surface area contributed by atoms with E-state index in [0.717, 1.165) is 10.2 Å². The Kier molecular flexibility index (Phi) is 4.59. The molecular weight excluding hydrogens is 338 g/mol. The highest BCUT2D eigenvalue weighted by Gasteiger charge is 2.26. The molecule has 0 spiro atoms. The molecule has 0 radical (unpaired) electrons. The van der Waals surface area contributed by atoms with Crippen LogP contribution in [0.15, 0.2) is 24.3 Å². The summed E-state index contributed by atoms with van der Waals surface area (Å²) in [6.45, 7) is 5.61. The maximum atomic E-state index is 12.8. The minimum atomic E-state index is -0.426. The number of ether oxygens (including phenoxy) is 1. The average Bonchev–Trinajstić information content (AvgIpc) is 3.06. The van der Waals surface area contributed by atoms with Crippen LogP contribution in [0, 0.1) is 13.8 Å². The maximum absolute atomic E-state index is 12.8. The van der Waals surface area contributed by atoms with Gasteiger partial charge in [-0.3, -0.25) is 10.1 Å². The van der Waals surface area contributed by atoms with Crippen molar-refractivity contribution in [1.29, 1.82) is 0 Å². The number of esters is 1. The molecule has 1 amide bonds. The fourth-order valence-corrected chi connectivity index (χ4v) is 3.75. The molecule has 0 bridgehead atoms. The fourth-order valence-electron chi connectivity index (χ4n) is 2.89. The van der Waals surface area contributed by atoms with E-state index in [9.17, 15) is 9.59 Å². The number of thiazole rings is 1. The van der Waals surface area contributed by atoms with Gasteiger partial charge >= 0.3 is 5.97 Å². The third kappa shape index (κ3) is 3.02. The Labute approximate surface area is 149 Å². The number of aromatic nitrogens is 2. The summed E-state index contributed by atoms with van der Waals surface area (Å²) in [6, 6.07) is 7.70. The first-order valence-corrected chi connectivity index (χ1v) is 8.75. The lowest BCUT2D eigenvalue weighted by Crippen LogP contribution is -2.14. The normalized spacial score (nSPS) is 10.9. The molecule has 0 unspecified atom stereocenters. The van der Waals surface area contributed by atoms with Crippen LogP contribution in [-0.2, 0) is 11.8 Å². The topological polar surface area (TPSA) is 73.2 Å². The van der Waals surface area contributed by atoms with Crippen molar-refractivity contribution in [2.75, 3.05) is 11.9 Å². The molecule has 130 valence electrons. The van der Waals surface area contributed by atoms with Crippen LogP contribution in [-0.4, -0.2) is 28.0 Å². The Morgan fingerprint density at radius 2 is 2.00 bits per heavy atom. The van der Waals surface area contributed by atoms with E-state index in [1.54, 1.807) is 25.5 Å². The highest BCUT2D eigenvalue weighted by atomic mass is 32.1. The first kappa shape index (κ1) is 17.2. The minimum absolute atomic E-state index is 0.278. The van der Waals surface area contributed by atoms with Crippen LogP contribution >= 0.6 is 11.3 Å². The Hall–Kier alpha value is -2.67. The number of fused-ring (bicyclic) bond motifs is 1. The summed E-state index contributed by atoms with van der Waals surface area (Å²) in [7, 11) is 1.75. The highest BCUT2D eigenvalue weighted by Crippen LogP contribution is 2.27. The van der Waals surface area contributed by atoms with Gasteiger partial charge in [0.05, 0.1) is 22.4 Å². The van der Waals surface area contributed by atoms with Crippen LogP contribution < -0.4 is 5.32 Å². The quantitative estimate of drug-likeness (QED) is 0.723. The van der Waals surface area contributed by atoms with Crippen molar-refractivity contribution in [3.8, 4) is 0 Å². The lowest BCUT2D eigenvalue weighted by molar-refractivity contribution is 0.0514. The average molecular weight is 357 g/mol. The van der Waals surface area contributed by atoms with E-state index in [1.807, 2.05) is 31.2 Å². The van der Waals surface area contributed by atoms with Gasteiger partial charge in [0.2, 0.25) is 0 Å². The molecule has 1 N–H and O–H groups in total. The van der Waals surface area contributed by atoms with Gasteiger partial charge in [-0.15, -0.1) is 0 Å². The zero-order valence-corrected chi connectivity index (χ0v) is 15.4. The molecule has 2 aromatic heterocycles. The molecule has 7 heteroatoms. The van der Waals surface area contributed by atoms with E-state index in [0.29, 0.717) is 27.6 Å². The van der Waals surface area contributed by atoms with E-state index < -0.39 is 5.97 Å². The Morgan fingerprint density at radius 1 is 1.28 bits per heavy atom. The largest absolute Gasteiger partial charge is 0.461 e. The first-order chi connectivity index (χ1) is 11.9. The first-order valence-electron chi connectivity index (χ1n) is 7.94. The molecule has 0 aliphatic heterocycles. The van der Waals surface area contributed by atoms with Gasteiger partial charge in [-0.05, 0) is 38.5 Å². The van der Waals surface area contributed by atoms with Crippen LogP contribution in [0.1, 0.15) is 39.0 Å². The van der Waals surface area contributed by atoms with E-state index in [-0.39, 0.29) is 12.5 Å². The van der Waals surface area contributed by atoms with Crippen molar-refractivity contribution in [2.45, 2.75) is 20.8 Å². The number of hydrogen-bond acceptors (Lipinski definition) is 5. The molecule has 3 rings (SSSR count). The summed E-state index contributed by atoms with van der Waals surface area (Å²) in [4.78, 5) is 29.4. The molecule has 0 aliphatic carbocycles. The maximum Gasteiger partial charge on any atom is 0.355 e. The highest BCUT2D eigenvalue weighted by molar-refractivity contribution is 7.22. The molecule has 1 aromatic carbocycles. The Bertz CT molecular complexity index is 939. The number of nitrogens with zero attached hydrogens (tertiary/aromatic N) is 2. The number of amides is 1. The van der Waals surface area contributed by atoms with Gasteiger partial charge in [0.15, 0.2) is 5.13 Å². The van der Waals surface area contributed by atoms with Crippen LogP contribution in [0.25, 0.3) is 10.2 Å². The summed E-state index contributed by atoms with van der Waals surface area (Å²) in [5, 5.41) is 3.38. The lowest BCUT2D eigenvalue weighted by Gasteiger charge is -2.05. The van der Waals surface area contributed by atoms with Crippen LogP contribution in [0.5, 0.6) is 0 Å². The van der Waals surface area contributed by atoms with E-state index >= 15 is 0 Å². The monoisotopic (exact) mass is 357 g/mol. The van der Waals surface area contributed by atoms with Gasteiger partial charge < -0.3 is 9.30 Å². The van der Waals surface area contributed by atoms with Crippen molar-refractivity contribution in [2.24, 2.45) is 7.05 Å². The number of carbonyl (C=O) groups excluding carboxylic acids is 2. The van der Waals surface area contributed by atoms with Gasteiger partial charge in [0.1, 0.15) is 5.69 Å². The summed E-state index contributed by atoms with van der Waals surface area (Å²) < 4.78 is 7.80.